The number of hydrogen-bond acceptors (Lipinski definition) is 4. The smallest absolute Gasteiger partial charge is 0.418 e. The monoisotopic (exact) mass is 499 g/mol. The van der Waals surface area contributed by atoms with Gasteiger partial charge in [-0.1, -0.05) is 60.1 Å². The van der Waals surface area contributed by atoms with Gasteiger partial charge in [0.25, 0.3) is 5.91 Å². The summed E-state index contributed by atoms with van der Waals surface area (Å²) in [6.45, 7) is -0.806. The number of halogens is 4. The zero-order valence-corrected chi connectivity index (χ0v) is 18.7. The predicted octanol–water partition coefficient (Wildman–Crippen LogP) is 6.01. The summed E-state index contributed by atoms with van der Waals surface area (Å²) in [7, 11) is 0. The van der Waals surface area contributed by atoms with E-state index in [0.29, 0.717) is 17.4 Å². The molecule has 4 rings (SSSR count). The molecule has 0 bridgehead atoms. The lowest BCUT2D eigenvalue weighted by molar-refractivity contribution is -0.137. The summed E-state index contributed by atoms with van der Waals surface area (Å²) >= 11 is 5.65. The van der Waals surface area contributed by atoms with E-state index >= 15 is 0 Å². The van der Waals surface area contributed by atoms with Crippen molar-refractivity contribution in [3.63, 3.8) is 0 Å². The molecule has 0 aliphatic carbocycles. The van der Waals surface area contributed by atoms with Gasteiger partial charge in [-0.2, -0.15) is 18.3 Å². The number of carbonyl (C=O) groups is 2. The van der Waals surface area contributed by atoms with Crippen LogP contribution in [0.15, 0.2) is 84.9 Å². The highest BCUT2D eigenvalue weighted by atomic mass is 35.5. The van der Waals surface area contributed by atoms with Gasteiger partial charge in [0.05, 0.1) is 22.6 Å². The Hall–Kier alpha value is -4.11. The first-order valence-electron chi connectivity index (χ1n) is 10.3. The van der Waals surface area contributed by atoms with Gasteiger partial charge in [0.2, 0.25) is 0 Å². The number of benzene rings is 3. The van der Waals surface area contributed by atoms with Crippen LogP contribution < -0.4 is 5.32 Å². The predicted molar refractivity (Wildman–Crippen MR) is 124 cm³/mol. The topological polar surface area (TPSA) is 73.2 Å². The van der Waals surface area contributed by atoms with Crippen molar-refractivity contribution in [3.05, 3.63) is 101 Å². The van der Waals surface area contributed by atoms with Crippen LogP contribution in [0.5, 0.6) is 0 Å². The average Bonchev–Trinajstić information content (AvgIpc) is 3.30. The number of para-hydroxylation sites is 1. The first-order valence-corrected chi connectivity index (χ1v) is 10.6. The first-order chi connectivity index (χ1) is 16.7. The highest BCUT2D eigenvalue weighted by Gasteiger charge is 2.34. The van der Waals surface area contributed by atoms with Crippen LogP contribution in [-0.2, 0) is 15.7 Å². The highest BCUT2D eigenvalue weighted by Crippen LogP contribution is 2.36. The number of anilines is 1. The second-order valence-electron chi connectivity index (χ2n) is 7.34. The first kappa shape index (κ1) is 24.0. The van der Waals surface area contributed by atoms with Crippen LogP contribution in [0.4, 0.5) is 18.9 Å². The number of nitrogens with zero attached hydrogens (tertiary/aromatic N) is 2. The Morgan fingerprint density at radius 2 is 1.60 bits per heavy atom. The second kappa shape index (κ2) is 10.0. The summed E-state index contributed by atoms with van der Waals surface area (Å²) in [5.41, 5.74) is 0.286. The Morgan fingerprint density at radius 3 is 2.26 bits per heavy atom. The van der Waals surface area contributed by atoms with Crippen molar-refractivity contribution in [1.29, 1.82) is 0 Å². The fourth-order valence-electron chi connectivity index (χ4n) is 3.29. The third kappa shape index (κ3) is 5.70. The van der Waals surface area contributed by atoms with E-state index in [1.807, 2.05) is 30.3 Å². The highest BCUT2D eigenvalue weighted by molar-refractivity contribution is 6.30. The van der Waals surface area contributed by atoms with Crippen LogP contribution in [0.25, 0.3) is 16.9 Å². The summed E-state index contributed by atoms with van der Waals surface area (Å²) in [4.78, 5) is 25.1. The molecule has 35 heavy (non-hydrogen) atoms. The van der Waals surface area contributed by atoms with Crippen LogP contribution in [0, 0.1) is 0 Å². The van der Waals surface area contributed by atoms with Crippen molar-refractivity contribution >= 4 is 29.2 Å². The van der Waals surface area contributed by atoms with E-state index in [9.17, 15) is 22.8 Å². The lowest BCUT2D eigenvalue weighted by Crippen LogP contribution is -2.23. The third-order valence-corrected chi connectivity index (χ3v) is 5.12. The van der Waals surface area contributed by atoms with Crippen LogP contribution in [0.3, 0.4) is 0 Å². The van der Waals surface area contributed by atoms with Gasteiger partial charge in [0.1, 0.15) is 0 Å². The number of esters is 1. The summed E-state index contributed by atoms with van der Waals surface area (Å²) in [5, 5.41) is 6.47. The molecule has 0 aliphatic rings. The fraction of sp³-hybridized carbons (Fsp3) is 0.0800. The quantitative estimate of drug-likeness (QED) is 0.330. The number of aromatic nitrogens is 2. The molecule has 1 amide bonds. The van der Waals surface area contributed by atoms with Crippen LogP contribution >= 0.6 is 11.6 Å². The molecule has 1 heterocycles. The molecule has 6 nitrogen and oxygen atoms in total. The Labute approximate surface area is 202 Å². The molecule has 0 unspecified atom stereocenters. The maximum atomic E-state index is 13.3. The minimum atomic E-state index is -4.74. The second-order valence-corrected chi connectivity index (χ2v) is 7.78. The van der Waals surface area contributed by atoms with E-state index in [4.69, 9.17) is 16.3 Å². The summed E-state index contributed by atoms with van der Waals surface area (Å²) in [6.07, 6.45) is -4.74. The largest absolute Gasteiger partial charge is 0.451 e. The van der Waals surface area contributed by atoms with E-state index < -0.39 is 35.9 Å². The average molecular weight is 500 g/mol. The number of hydrogen-bond donors (Lipinski definition) is 1. The van der Waals surface area contributed by atoms with E-state index in [-0.39, 0.29) is 10.7 Å². The zero-order chi connectivity index (χ0) is 25.0. The minimum Gasteiger partial charge on any atom is -0.451 e. The van der Waals surface area contributed by atoms with Crippen molar-refractivity contribution < 1.29 is 27.5 Å². The standard InChI is InChI=1S/C25H17ClF3N3O3/c26-17-11-12-20(19(13-17)25(27,28)29)30-23(33)15-35-24(34)22-14-21(16-7-3-1-4-8-16)31-32(22)18-9-5-2-6-10-18/h1-14H,15H2,(H,30,33). The lowest BCUT2D eigenvalue weighted by Gasteiger charge is -2.14. The number of amides is 1. The SMILES string of the molecule is O=C(COC(=O)c1cc(-c2ccccc2)nn1-c1ccccc1)Nc1ccc(Cl)cc1C(F)(F)F. The molecular weight excluding hydrogens is 483 g/mol. The maximum Gasteiger partial charge on any atom is 0.418 e. The summed E-state index contributed by atoms with van der Waals surface area (Å²) < 4.78 is 46.3. The number of nitrogens with one attached hydrogen (secondary N) is 1. The Balaban J connectivity index is 1.53. The molecule has 0 saturated carbocycles. The number of alkyl halides is 3. The van der Waals surface area contributed by atoms with E-state index in [1.165, 1.54) is 16.8 Å². The number of rotatable bonds is 6. The molecule has 0 aliphatic heterocycles. The van der Waals surface area contributed by atoms with Crippen LogP contribution in [-0.4, -0.2) is 28.3 Å². The molecule has 4 aromatic rings. The number of carbonyl (C=O) groups excluding carboxylic acids is 2. The summed E-state index contributed by atoms with van der Waals surface area (Å²) in [5.74, 6) is -1.81. The summed E-state index contributed by atoms with van der Waals surface area (Å²) in [6, 6.07) is 22.4. The molecule has 3 aromatic carbocycles. The molecular formula is C25H17ClF3N3O3. The maximum absolute atomic E-state index is 13.3. The van der Waals surface area contributed by atoms with Crippen molar-refractivity contribution in [2.75, 3.05) is 11.9 Å². The van der Waals surface area contributed by atoms with Gasteiger partial charge in [0.15, 0.2) is 12.3 Å². The van der Waals surface area contributed by atoms with Gasteiger partial charge >= 0.3 is 12.1 Å². The molecule has 0 spiro atoms. The van der Waals surface area contributed by atoms with E-state index in [0.717, 1.165) is 11.6 Å². The Kier molecular flexibility index (Phi) is 6.88. The van der Waals surface area contributed by atoms with Gasteiger partial charge in [-0.3, -0.25) is 4.79 Å². The van der Waals surface area contributed by atoms with E-state index in [2.05, 4.69) is 10.4 Å². The van der Waals surface area contributed by atoms with Crippen molar-refractivity contribution in [1.82, 2.24) is 9.78 Å². The van der Waals surface area contributed by atoms with Gasteiger partial charge in [-0.05, 0) is 36.4 Å². The van der Waals surface area contributed by atoms with Gasteiger partial charge in [0, 0.05) is 10.6 Å². The minimum absolute atomic E-state index is 0.0466. The molecule has 1 N–H and O–H groups in total. The molecule has 10 heteroatoms. The Bertz CT molecular complexity index is 1360. The van der Waals surface area contributed by atoms with Gasteiger partial charge in [-0.15, -0.1) is 0 Å². The fourth-order valence-corrected chi connectivity index (χ4v) is 3.47. The Morgan fingerprint density at radius 1 is 0.943 bits per heavy atom. The molecule has 0 saturated heterocycles. The molecule has 0 fully saturated rings. The molecule has 0 atom stereocenters. The molecule has 1 aromatic heterocycles. The van der Waals surface area contributed by atoms with Crippen molar-refractivity contribution in [2.45, 2.75) is 6.18 Å². The van der Waals surface area contributed by atoms with Crippen LogP contribution in [0.2, 0.25) is 5.02 Å². The number of ether oxygens (including phenoxy) is 1. The molecule has 178 valence electrons. The van der Waals surface area contributed by atoms with Crippen LogP contribution in [0.1, 0.15) is 16.1 Å². The van der Waals surface area contributed by atoms with Gasteiger partial charge < -0.3 is 10.1 Å². The third-order valence-electron chi connectivity index (χ3n) is 4.88. The zero-order valence-electron chi connectivity index (χ0n) is 17.9. The van der Waals surface area contributed by atoms with E-state index in [1.54, 1.807) is 30.3 Å². The normalized spacial score (nSPS) is 11.2. The van der Waals surface area contributed by atoms with Crippen molar-refractivity contribution in [2.24, 2.45) is 0 Å². The lowest BCUT2D eigenvalue weighted by atomic mass is 10.1. The van der Waals surface area contributed by atoms with Gasteiger partial charge in [-0.25, -0.2) is 9.48 Å². The molecule has 0 radical (unpaired) electrons. The van der Waals surface area contributed by atoms with Crippen molar-refractivity contribution in [3.8, 4) is 16.9 Å².